The Morgan fingerprint density at radius 1 is 1.29 bits per heavy atom. The number of carbonyl (C=O) groups is 1. The van der Waals surface area contributed by atoms with Gasteiger partial charge in [-0.3, -0.25) is 14.8 Å². The van der Waals surface area contributed by atoms with Crippen LogP contribution in [0.2, 0.25) is 5.02 Å². The summed E-state index contributed by atoms with van der Waals surface area (Å²) in [6.07, 6.45) is 7.21. The van der Waals surface area contributed by atoms with Gasteiger partial charge in [-0.25, -0.2) is 0 Å². The number of amides is 1. The Hall–Kier alpha value is -2.14. The number of hydrogen-bond acceptors (Lipinski definition) is 4. The van der Waals surface area contributed by atoms with Gasteiger partial charge in [0.1, 0.15) is 0 Å². The summed E-state index contributed by atoms with van der Waals surface area (Å²) in [6.45, 7) is 0. The van der Waals surface area contributed by atoms with Crippen LogP contribution < -0.4 is 5.32 Å². The first-order chi connectivity index (χ1) is 10.2. The second kappa shape index (κ2) is 5.69. The monoisotopic (exact) mass is 302 g/mol. The van der Waals surface area contributed by atoms with Gasteiger partial charge in [-0.15, -0.1) is 0 Å². The van der Waals surface area contributed by atoms with E-state index >= 15 is 0 Å². The lowest BCUT2D eigenvalue weighted by atomic mass is 10.0. The number of likely N-dealkylation sites (tertiary alicyclic amines) is 1. The molecule has 0 radical (unpaired) electrons. The molecular weight excluding hydrogens is 288 g/mol. The highest BCUT2D eigenvalue weighted by Crippen LogP contribution is 2.34. The molecule has 3 heterocycles. The molecule has 2 aromatic rings. The van der Waals surface area contributed by atoms with Crippen LogP contribution in [0.25, 0.3) is 0 Å². The highest BCUT2D eigenvalue weighted by molar-refractivity contribution is 6.33. The molecule has 0 unspecified atom stereocenters. The number of pyridine rings is 2. The van der Waals surface area contributed by atoms with Crippen molar-refractivity contribution in [1.82, 2.24) is 14.9 Å². The van der Waals surface area contributed by atoms with Gasteiger partial charge in [0, 0.05) is 38.3 Å². The zero-order chi connectivity index (χ0) is 14.8. The molecule has 0 aromatic carbocycles. The van der Waals surface area contributed by atoms with Gasteiger partial charge in [-0.1, -0.05) is 17.7 Å². The molecule has 21 heavy (non-hydrogen) atoms. The van der Waals surface area contributed by atoms with Gasteiger partial charge in [0.2, 0.25) is 5.91 Å². The fraction of sp³-hybridized carbons (Fsp3) is 0.267. The van der Waals surface area contributed by atoms with Crippen molar-refractivity contribution < 1.29 is 4.79 Å². The third-order valence-electron chi connectivity index (χ3n) is 3.73. The van der Waals surface area contributed by atoms with E-state index in [1.54, 1.807) is 29.7 Å². The molecule has 1 aliphatic rings. The smallest absolute Gasteiger partial charge is 0.225 e. The Balaban J connectivity index is 1.90. The molecule has 0 spiro atoms. The van der Waals surface area contributed by atoms with Crippen molar-refractivity contribution in [2.45, 2.75) is 18.5 Å². The maximum atomic E-state index is 12.1. The van der Waals surface area contributed by atoms with Crippen molar-refractivity contribution in [2.24, 2.45) is 0 Å². The van der Waals surface area contributed by atoms with Crippen LogP contribution in [0.3, 0.4) is 0 Å². The first-order valence-electron chi connectivity index (χ1n) is 6.68. The van der Waals surface area contributed by atoms with E-state index in [0.29, 0.717) is 11.4 Å². The Labute approximate surface area is 128 Å². The molecule has 1 saturated heterocycles. The zero-order valence-electron chi connectivity index (χ0n) is 11.5. The normalized spacial score (nSPS) is 21.6. The van der Waals surface area contributed by atoms with Gasteiger partial charge in [0.05, 0.1) is 22.8 Å². The highest BCUT2D eigenvalue weighted by Gasteiger charge is 2.38. The Morgan fingerprint density at radius 3 is 2.81 bits per heavy atom. The lowest BCUT2D eigenvalue weighted by Gasteiger charge is -2.26. The molecular formula is C15H15ClN4O. The van der Waals surface area contributed by atoms with Crippen LogP contribution in [-0.4, -0.2) is 33.9 Å². The van der Waals surface area contributed by atoms with Gasteiger partial charge >= 0.3 is 0 Å². The van der Waals surface area contributed by atoms with Crippen LogP contribution >= 0.6 is 11.6 Å². The van der Waals surface area contributed by atoms with E-state index in [9.17, 15) is 4.79 Å². The zero-order valence-corrected chi connectivity index (χ0v) is 12.3. The predicted octanol–water partition coefficient (Wildman–Crippen LogP) is 2.51. The summed E-state index contributed by atoms with van der Waals surface area (Å²) in [6, 6.07) is 5.56. The molecule has 1 amide bonds. The fourth-order valence-electron chi connectivity index (χ4n) is 2.70. The summed E-state index contributed by atoms with van der Waals surface area (Å²) in [4.78, 5) is 21.9. The van der Waals surface area contributed by atoms with Crippen molar-refractivity contribution in [3.63, 3.8) is 0 Å². The standard InChI is InChI=1S/C15H15ClN4O/c1-20-14(21)7-13(15(20)10-3-2-5-17-8-10)19-12-4-6-18-9-11(12)16/h2-6,8-9,13,15H,7H2,1H3,(H,18,19)/t13-,15+/m1/s1. The molecule has 2 atom stereocenters. The molecule has 3 rings (SSSR count). The van der Waals surface area contributed by atoms with Crippen LogP contribution in [0.1, 0.15) is 18.0 Å². The minimum Gasteiger partial charge on any atom is -0.378 e. The number of aromatic nitrogens is 2. The molecule has 6 heteroatoms. The van der Waals surface area contributed by atoms with Gasteiger partial charge in [0.25, 0.3) is 0 Å². The number of hydrogen-bond donors (Lipinski definition) is 1. The van der Waals surface area contributed by atoms with Crippen LogP contribution in [0.15, 0.2) is 43.0 Å². The molecule has 0 aliphatic carbocycles. The van der Waals surface area contributed by atoms with Crippen molar-refractivity contribution in [2.75, 3.05) is 12.4 Å². The number of likely N-dealkylation sites (N-methyl/N-ethyl adjacent to an activating group) is 1. The third kappa shape index (κ3) is 2.69. The highest BCUT2D eigenvalue weighted by atomic mass is 35.5. The Kier molecular flexibility index (Phi) is 3.75. The largest absolute Gasteiger partial charge is 0.378 e. The summed E-state index contributed by atoms with van der Waals surface area (Å²) in [5.41, 5.74) is 1.79. The van der Waals surface area contributed by atoms with E-state index in [1.807, 2.05) is 25.2 Å². The van der Waals surface area contributed by atoms with E-state index < -0.39 is 0 Å². The summed E-state index contributed by atoms with van der Waals surface area (Å²) in [5, 5.41) is 3.90. The van der Waals surface area contributed by atoms with Gasteiger partial charge < -0.3 is 10.2 Å². The molecule has 0 bridgehead atoms. The maximum absolute atomic E-state index is 12.1. The van der Waals surface area contributed by atoms with Crippen LogP contribution in [0.5, 0.6) is 0 Å². The first kappa shape index (κ1) is 13.8. The number of anilines is 1. The molecule has 5 nitrogen and oxygen atoms in total. The summed E-state index contributed by atoms with van der Waals surface area (Å²) < 4.78 is 0. The third-order valence-corrected chi connectivity index (χ3v) is 4.03. The molecule has 108 valence electrons. The SMILES string of the molecule is CN1C(=O)C[C@@H](Nc2ccncc2Cl)[C@@H]1c1cccnc1. The van der Waals surface area contributed by atoms with Crippen molar-refractivity contribution in [1.29, 1.82) is 0 Å². The number of nitrogens with zero attached hydrogens (tertiary/aromatic N) is 3. The van der Waals surface area contributed by atoms with Gasteiger partial charge in [0.15, 0.2) is 0 Å². The van der Waals surface area contributed by atoms with Gasteiger partial charge in [-0.2, -0.15) is 0 Å². The van der Waals surface area contributed by atoms with Crippen molar-refractivity contribution in [3.8, 4) is 0 Å². The lowest BCUT2D eigenvalue weighted by Crippen LogP contribution is -2.30. The average molecular weight is 303 g/mol. The van der Waals surface area contributed by atoms with E-state index in [2.05, 4.69) is 15.3 Å². The second-order valence-corrected chi connectivity index (χ2v) is 5.45. The van der Waals surface area contributed by atoms with E-state index in [1.165, 1.54) is 0 Å². The van der Waals surface area contributed by atoms with E-state index in [-0.39, 0.29) is 18.0 Å². The second-order valence-electron chi connectivity index (χ2n) is 5.05. The molecule has 1 N–H and O–H groups in total. The summed E-state index contributed by atoms with van der Waals surface area (Å²) in [5.74, 6) is 0.103. The predicted molar refractivity (Wildman–Crippen MR) is 81.0 cm³/mol. The molecule has 1 fully saturated rings. The van der Waals surface area contributed by atoms with Crippen molar-refractivity contribution in [3.05, 3.63) is 53.6 Å². The molecule has 0 saturated carbocycles. The van der Waals surface area contributed by atoms with E-state index in [0.717, 1.165) is 11.3 Å². The van der Waals surface area contributed by atoms with Crippen LogP contribution in [-0.2, 0) is 4.79 Å². The summed E-state index contributed by atoms with van der Waals surface area (Å²) in [7, 11) is 1.82. The number of halogens is 1. The van der Waals surface area contributed by atoms with E-state index in [4.69, 9.17) is 11.6 Å². The van der Waals surface area contributed by atoms with Crippen molar-refractivity contribution >= 4 is 23.2 Å². The molecule has 1 aliphatic heterocycles. The first-order valence-corrected chi connectivity index (χ1v) is 7.06. The Morgan fingerprint density at radius 2 is 2.10 bits per heavy atom. The van der Waals surface area contributed by atoms with Crippen LogP contribution in [0.4, 0.5) is 5.69 Å². The topological polar surface area (TPSA) is 58.1 Å². The van der Waals surface area contributed by atoms with Crippen LogP contribution in [0, 0.1) is 0 Å². The number of carbonyl (C=O) groups excluding carboxylic acids is 1. The molecule has 2 aromatic heterocycles. The minimum absolute atomic E-state index is 0.0494. The number of nitrogens with one attached hydrogen (secondary N) is 1. The summed E-state index contributed by atoms with van der Waals surface area (Å²) >= 11 is 6.13. The lowest BCUT2D eigenvalue weighted by molar-refractivity contribution is -0.127. The Bertz CT molecular complexity index is 649. The quantitative estimate of drug-likeness (QED) is 0.946. The number of rotatable bonds is 3. The average Bonchev–Trinajstić information content (AvgIpc) is 2.77. The minimum atomic E-state index is -0.0598. The van der Waals surface area contributed by atoms with Gasteiger partial charge in [-0.05, 0) is 17.7 Å². The fourth-order valence-corrected chi connectivity index (χ4v) is 2.87. The maximum Gasteiger partial charge on any atom is 0.225 e.